The zero-order valence-electron chi connectivity index (χ0n) is 12.3. The first kappa shape index (κ1) is 12.7. The van der Waals surface area contributed by atoms with Crippen LogP contribution in [0.5, 0.6) is 0 Å². The van der Waals surface area contributed by atoms with Crippen LogP contribution < -0.4 is 5.73 Å². The van der Waals surface area contributed by atoms with E-state index in [1.54, 1.807) is 0 Å². The highest BCUT2D eigenvalue weighted by molar-refractivity contribution is 5.76. The summed E-state index contributed by atoms with van der Waals surface area (Å²) in [6.45, 7) is 8.78. The van der Waals surface area contributed by atoms with E-state index in [0.29, 0.717) is 5.92 Å². The van der Waals surface area contributed by atoms with Gasteiger partial charge in [-0.3, -0.25) is 0 Å². The van der Waals surface area contributed by atoms with Gasteiger partial charge in [0.2, 0.25) is 0 Å². The molecule has 2 aromatic rings. The van der Waals surface area contributed by atoms with E-state index in [-0.39, 0.29) is 11.1 Å². The van der Waals surface area contributed by atoms with Gasteiger partial charge in [-0.1, -0.05) is 12.1 Å². The number of rotatable bonds is 2. The SMILES string of the molecule is CC(N)(c1nc2ccccc2n1C(C)(C)C)C1CC1. The van der Waals surface area contributed by atoms with E-state index in [0.717, 1.165) is 11.3 Å². The fourth-order valence-electron chi connectivity index (χ4n) is 2.93. The second-order valence-electron chi connectivity index (χ2n) is 6.99. The van der Waals surface area contributed by atoms with Crippen molar-refractivity contribution in [2.45, 2.75) is 51.6 Å². The van der Waals surface area contributed by atoms with Crippen LogP contribution in [-0.2, 0) is 11.1 Å². The number of imidazole rings is 1. The molecule has 1 aliphatic carbocycles. The Morgan fingerprint density at radius 1 is 1.16 bits per heavy atom. The monoisotopic (exact) mass is 257 g/mol. The molecular formula is C16H23N3. The smallest absolute Gasteiger partial charge is 0.130 e. The van der Waals surface area contributed by atoms with E-state index in [4.69, 9.17) is 10.7 Å². The van der Waals surface area contributed by atoms with E-state index in [1.165, 1.54) is 18.4 Å². The molecule has 102 valence electrons. The Bertz CT molecular complexity index is 612. The third-order valence-electron chi connectivity index (χ3n) is 4.14. The van der Waals surface area contributed by atoms with Crippen LogP contribution in [0.2, 0.25) is 0 Å². The Morgan fingerprint density at radius 2 is 1.79 bits per heavy atom. The summed E-state index contributed by atoms with van der Waals surface area (Å²) in [5.74, 6) is 1.61. The Kier molecular flexibility index (Phi) is 2.55. The van der Waals surface area contributed by atoms with Gasteiger partial charge in [-0.05, 0) is 58.6 Å². The van der Waals surface area contributed by atoms with E-state index in [2.05, 4.69) is 50.5 Å². The lowest BCUT2D eigenvalue weighted by Crippen LogP contribution is -2.41. The van der Waals surface area contributed by atoms with Gasteiger partial charge < -0.3 is 10.3 Å². The van der Waals surface area contributed by atoms with E-state index in [1.807, 2.05) is 6.07 Å². The maximum absolute atomic E-state index is 6.62. The zero-order valence-corrected chi connectivity index (χ0v) is 12.3. The summed E-state index contributed by atoms with van der Waals surface area (Å²) in [7, 11) is 0. The number of nitrogens with two attached hydrogens (primary N) is 1. The van der Waals surface area contributed by atoms with Gasteiger partial charge in [0, 0.05) is 5.54 Å². The molecule has 1 aromatic heterocycles. The van der Waals surface area contributed by atoms with Gasteiger partial charge in [0.1, 0.15) is 5.82 Å². The minimum Gasteiger partial charge on any atom is -0.321 e. The number of fused-ring (bicyclic) bond motifs is 1. The molecule has 0 radical (unpaired) electrons. The molecule has 19 heavy (non-hydrogen) atoms. The molecule has 1 heterocycles. The molecule has 0 aliphatic heterocycles. The third kappa shape index (κ3) is 1.96. The molecule has 3 heteroatoms. The topological polar surface area (TPSA) is 43.8 Å². The molecule has 3 nitrogen and oxygen atoms in total. The van der Waals surface area contributed by atoms with Crippen molar-refractivity contribution in [2.75, 3.05) is 0 Å². The summed E-state index contributed by atoms with van der Waals surface area (Å²) >= 11 is 0. The highest BCUT2D eigenvalue weighted by atomic mass is 15.2. The average molecular weight is 257 g/mol. The lowest BCUT2D eigenvalue weighted by Gasteiger charge is -2.31. The second-order valence-corrected chi connectivity index (χ2v) is 6.99. The van der Waals surface area contributed by atoms with Crippen LogP contribution in [0.3, 0.4) is 0 Å². The molecule has 1 saturated carbocycles. The van der Waals surface area contributed by atoms with E-state index in [9.17, 15) is 0 Å². The van der Waals surface area contributed by atoms with Crippen molar-refractivity contribution in [1.82, 2.24) is 9.55 Å². The van der Waals surface area contributed by atoms with Crippen molar-refractivity contribution in [1.29, 1.82) is 0 Å². The van der Waals surface area contributed by atoms with Crippen LogP contribution in [0.1, 0.15) is 46.4 Å². The van der Waals surface area contributed by atoms with Crippen LogP contribution in [0.4, 0.5) is 0 Å². The van der Waals surface area contributed by atoms with Crippen LogP contribution in [0, 0.1) is 5.92 Å². The number of hydrogen-bond donors (Lipinski definition) is 1. The van der Waals surface area contributed by atoms with Gasteiger partial charge in [0.15, 0.2) is 0 Å². The Morgan fingerprint density at radius 3 is 2.37 bits per heavy atom. The van der Waals surface area contributed by atoms with Gasteiger partial charge >= 0.3 is 0 Å². The fourth-order valence-corrected chi connectivity index (χ4v) is 2.93. The highest BCUT2D eigenvalue weighted by Crippen LogP contribution is 2.45. The van der Waals surface area contributed by atoms with E-state index >= 15 is 0 Å². The summed E-state index contributed by atoms with van der Waals surface area (Å²) in [5, 5.41) is 0. The largest absolute Gasteiger partial charge is 0.321 e. The first-order valence-electron chi connectivity index (χ1n) is 7.09. The third-order valence-corrected chi connectivity index (χ3v) is 4.14. The number of para-hydroxylation sites is 2. The van der Waals surface area contributed by atoms with Gasteiger partial charge in [0.05, 0.1) is 16.6 Å². The maximum Gasteiger partial charge on any atom is 0.130 e. The zero-order chi connectivity index (χ0) is 13.8. The molecule has 1 fully saturated rings. The molecule has 0 amide bonds. The van der Waals surface area contributed by atoms with Crippen LogP contribution in [0.15, 0.2) is 24.3 Å². The minimum absolute atomic E-state index is 0.0129. The standard InChI is InChI=1S/C16H23N3/c1-15(2,3)19-13-8-6-5-7-12(13)18-14(19)16(4,17)11-9-10-11/h5-8,11H,9-10,17H2,1-4H3. The number of hydrogen-bond acceptors (Lipinski definition) is 2. The van der Waals surface area contributed by atoms with Crippen molar-refractivity contribution in [3.05, 3.63) is 30.1 Å². The minimum atomic E-state index is -0.327. The molecular weight excluding hydrogens is 234 g/mol. The number of nitrogens with zero attached hydrogens (tertiary/aromatic N) is 2. The molecule has 0 spiro atoms. The molecule has 0 bridgehead atoms. The number of aromatic nitrogens is 2. The second kappa shape index (κ2) is 3.83. The molecule has 1 atom stereocenters. The van der Waals surface area contributed by atoms with Crippen LogP contribution in [0.25, 0.3) is 11.0 Å². The van der Waals surface area contributed by atoms with Gasteiger partial charge in [-0.15, -0.1) is 0 Å². The Balaban J connectivity index is 2.29. The predicted molar refractivity (Wildman–Crippen MR) is 79.0 cm³/mol. The average Bonchev–Trinajstić information content (AvgIpc) is 3.07. The van der Waals surface area contributed by atoms with Crippen molar-refractivity contribution >= 4 is 11.0 Å². The van der Waals surface area contributed by atoms with Crippen molar-refractivity contribution in [3.8, 4) is 0 Å². The summed E-state index contributed by atoms with van der Waals surface area (Å²) in [6, 6.07) is 8.32. The normalized spacial score (nSPS) is 19.6. The molecule has 1 aliphatic rings. The number of benzene rings is 1. The summed E-state index contributed by atoms with van der Waals surface area (Å²) in [5.41, 5.74) is 8.51. The summed E-state index contributed by atoms with van der Waals surface area (Å²) < 4.78 is 2.32. The maximum atomic E-state index is 6.62. The Hall–Kier alpha value is -1.35. The molecule has 2 N–H and O–H groups in total. The fraction of sp³-hybridized carbons (Fsp3) is 0.562. The van der Waals surface area contributed by atoms with Gasteiger partial charge in [0.25, 0.3) is 0 Å². The lowest BCUT2D eigenvalue weighted by molar-refractivity contribution is 0.323. The molecule has 1 aromatic carbocycles. The Labute approximate surface area is 114 Å². The highest BCUT2D eigenvalue weighted by Gasteiger charge is 2.44. The molecule has 3 rings (SSSR count). The quantitative estimate of drug-likeness (QED) is 0.896. The first-order valence-corrected chi connectivity index (χ1v) is 7.09. The van der Waals surface area contributed by atoms with Crippen molar-refractivity contribution in [3.63, 3.8) is 0 Å². The predicted octanol–water partition coefficient (Wildman–Crippen LogP) is 3.38. The van der Waals surface area contributed by atoms with Gasteiger partial charge in [-0.25, -0.2) is 4.98 Å². The summed E-state index contributed by atoms with van der Waals surface area (Å²) in [4.78, 5) is 4.85. The first-order chi connectivity index (χ1) is 8.82. The molecule has 0 saturated heterocycles. The van der Waals surface area contributed by atoms with Crippen molar-refractivity contribution < 1.29 is 0 Å². The lowest BCUT2D eigenvalue weighted by atomic mass is 9.94. The van der Waals surface area contributed by atoms with Gasteiger partial charge in [-0.2, -0.15) is 0 Å². The summed E-state index contributed by atoms with van der Waals surface area (Å²) in [6.07, 6.45) is 2.45. The van der Waals surface area contributed by atoms with Crippen LogP contribution in [-0.4, -0.2) is 9.55 Å². The van der Waals surface area contributed by atoms with Crippen molar-refractivity contribution in [2.24, 2.45) is 11.7 Å². The molecule has 1 unspecified atom stereocenters. The van der Waals surface area contributed by atoms with E-state index < -0.39 is 0 Å². The van der Waals surface area contributed by atoms with Crippen LogP contribution >= 0.6 is 0 Å².